The number of carbonyl (C=O) groups is 1. The van der Waals surface area contributed by atoms with E-state index in [0.717, 1.165) is 12.8 Å². The molecule has 1 aromatic heterocycles. The van der Waals surface area contributed by atoms with Crippen molar-refractivity contribution in [3.8, 4) is 0 Å². The standard InChI is InChI=1S/C21H29N3O3/c1-5-18-23-24-19(27-18)13-22-17(25)12-21(10-11-26-20(3,4)14-21)16-9-7-6-8-15(16)2/h6-9H,5,10-14H2,1-4H3,(H,22,25)/t21-/m1/s1. The van der Waals surface area contributed by atoms with Gasteiger partial charge in [0.2, 0.25) is 17.7 Å². The van der Waals surface area contributed by atoms with Gasteiger partial charge in [-0.2, -0.15) is 0 Å². The summed E-state index contributed by atoms with van der Waals surface area (Å²) in [6, 6.07) is 8.35. The first kappa shape index (κ1) is 19.5. The summed E-state index contributed by atoms with van der Waals surface area (Å²) in [7, 11) is 0. The van der Waals surface area contributed by atoms with Gasteiger partial charge in [0.15, 0.2) is 0 Å². The summed E-state index contributed by atoms with van der Waals surface area (Å²) in [6.07, 6.45) is 2.74. The maximum Gasteiger partial charge on any atom is 0.235 e. The van der Waals surface area contributed by atoms with Crippen molar-refractivity contribution in [2.45, 2.75) is 70.9 Å². The lowest BCUT2D eigenvalue weighted by atomic mass is 9.66. The number of aryl methyl sites for hydroxylation is 2. The highest BCUT2D eigenvalue weighted by atomic mass is 16.5. The average Bonchev–Trinajstić information content (AvgIpc) is 3.07. The Morgan fingerprint density at radius 2 is 1.96 bits per heavy atom. The molecule has 0 unspecified atom stereocenters. The van der Waals surface area contributed by atoms with E-state index in [1.807, 2.05) is 13.0 Å². The molecule has 1 aliphatic rings. The average molecular weight is 371 g/mol. The van der Waals surface area contributed by atoms with Gasteiger partial charge in [0.05, 0.1) is 12.1 Å². The summed E-state index contributed by atoms with van der Waals surface area (Å²) in [6.45, 7) is 9.17. The van der Waals surface area contributed by atoms with Crippen LogP contribution in [0.4, 0.5) is 0 Å². The van der Waals surface area contributed by atoms with E-state index in [0.29, 0.717) is 31.2 Å². The summed E-state index contributed by atoms with van der Waals surface area (Å²) in [5.74, 6) is 1.02. The Labute approximate surface area is 160 Å². The van der Waals surface area contributed by atoms with Crippen LogP contribution in [0.25, 0.3) is 0 Å². The predicted molar refractivity (Wildman–Crippen MR) is 102 cm³/mol. The number of rotatable bonds is 6. The summed E-state index contributed by atoms with van der Waals surface area (Å²) in [4.78, 5) is 12.8. The van der Waals surface area contributed by atoms with Crippen molar-refractivity contribution in [1.82, 2.24) is 15.5 Å². The van der Waals surface area contributed by atoms with Gasteiger partial charge < -0.3 is 14.5 Å². The minimum Gasteiger partial charge on any atom is -0.423 e. The molecule has 1 amide bonds. The highest BCUT2D eigenvalue weighted by Gasteiger charge is 2.44. The van der Waals surface area contributed by atoms with E-state index < -0.39 is 0 Å². The molecular weight excluding hydrogens is 342 g/mol. The molecule has 6 heteroatoms. The zero-order valence-corrected chi connectivity index (χ0v) is 16.7. The Hall–Kier alpha value is -2.21. The number of benzene rings is 1. The van der Waals surface area contributed by atoms with E-state index >= 15 is 0 Å². The number of carbonyl (C=O) groups excluding carboxylic acids is 1. The molecule has 2 heterocycles. The van der Waals surface area contributed by atoms with Crippen LogP contribution in [0, 0.1) is 6.92 Å². The fraction of sp³-hybridized carbons (Fsp3) is 0.571. The van der Waals surface area contributed by atoms with Crippen LogP contribution in [0.2, 0.25) is 0 Å². The highest BCUT2D eigenvalue weighted by molar-refractivity contribution is 5.77. The largest absolute Gasteiger partial charge is 0.423 e. The van der Waals surface area contributed by atoms with Crippen LogP contribution in [-0.4, -0.2) is 28.3 Å². The number of nitrogens with zero attached hydrogens (tertiary/aromatic N) is 2. The van der Waals surface area contributed by atoms with Gasteiger partial charge in [-0.1, -0.05) is 31.2 Å². The molecule has 6 nitrogen and oxygen atoms in total. The monoisotopic (exact) mass is 371 g/mol. The molecule has 0 radical (unpaired) electrons. The van der Waals surface area contributed by atoms with Crippen molar-refractivity contribution in [1.29, 1.82) is 0 Å². The summed E-state index contributed by atoms with van der Waals surface area (Å²) in [5.41, 5.74) is 1.96. The van der Waals surface area contributed by atoms with Crippen LogP contribution in [0.1, 0.15) is 62.9 Å². The Balaban J connectivity index is 1.77. The van der Waals surface area contributed by atoms with E-state index in [2.05, 4.69) is 54.5 Å². The van der Waals surface area contributed by atoms with Gasteiger partial charge in [-0.15, -0.1) is 10.2 Å². The second-order valence-corrected chi connectivity index (χ2v) is 8.03. The molecule has 1 fully saturated rings. The first-order valence-electron chi connectivity index (χ1n) is 9.62. The van der Waals surface area contributed by atoms with Crippen LogP contribution in [0.15, 0.2) is 28.7 Å². The lowest BCUT2D eigenvalue weighted by molar-refractivity contribution is -0.127. The lowest BCUT2D eigenvalue weighted by Gasteiger charge is -2.45. The fourth-order valence-corrected chi connectivity index (χ4v) is 4.17. The normalized spacial score (nSPS) is 21.8. The first-order valence-corrected chi connectivity index (χ1v) is 9.62. The van der Waals surface area contributed by atoms with E-state index in [9.17, 15) is 4.79 Å². The van der Waals surface area contributed by atoms with Gasteiger partial charge in [0.25, 0.3) is 0 Å². The number of nitrogens with one attached hydrogen (secondary N) is 1. The van der Waals surface area contributed by atoms with Gasteiger partial charge in [0, 0.05) is 24.9 Å². The molecule has 1 N–H and O–H groups in total. The molecule has 1 saturated heterocycles. The zero-order valence-electron chi connectivity index (χ0n) is 16.7. The summed E-state index contributed by atoms with van der Waals surface area (Å²) < 4.78 is 11.4. The van der Waals surface area contributed by atoms with Crippen molar-refractivity contribution < 1.29 is 13.9 Å². The number of hydrogen-bond donors (Lipinski definition) is 1. The molecule has 0 saturated carbocycles. The maximum atomic E-state index is 12.8. The van der Waals surface area contributed by atoms with Crippen molar-refractivity contribution in [3.63, 3.8) is 0 Å². The third-order valence-corrected chi connectivity index (χ3v) is 5.30. The number of amides is 1. The summed E-state index contributed by atoms with van der Waals surface area (Å²) in [5, 5.41) is 10.9. The van der Waals surface area contributed by atoms with E-state index in [4.69, 9.17) is 9.15 Å². The minimum atomic E-state index is -0.261. The second kappa shape index (κ2) is 7.80. The van der Waals surface area contributed by atoms with Crippen LogP contribution in [0.5, 0.6) is 0 Å². The molecule has 1 atom stereocenters. The molecule has 27 heavy (non-hydrogen) atoms. The molecule has 0 spiro atoms. The number of aromatic nitrogens is 2. The van der Waals surface area contributed by atoms with Gasteiger partial charge in [-0.3, -0.25) is 4.79 Å². The lowest BCUT2D eigenvalue weighted by Crippen LogP contribution is -2.46. The number of ether oxygens (including phenoxy) is 1. The maximum absolute atomic E-state index is 12.8. The van der Waals surface area contributed by atoms with Gasteiger partial charge >= 0.3 is 0 Å². The molecule has 3 rings (SSSR count). The van der Waals surface area contributed by atoms with Crippen LogP contribution >= 0.6 is 0 Å². The van der Waals surface area contributed by atoms with Crippen LogP contribution < -0.4 is 5.32 Å². The Morgan fingerprint density at radius 3 is 2.63 bits per heavy atom. The molecule has 146 valence electrons. The van der Waals surface area contributed by atoms with E-state index in [-0.39, 0.29) is 23.5 Å². The summed E-state index contributed by atoms with van der Waals surface area (Å²) >= 11 is 0. The smallest absolute Gasteiger partial charge is 0.235 e. The van der Waals surface area contributed by atoms with Crippen molar-refractivity contribution in [3.05, 3.63) is 47.2 Å². The number of hydrogen-bond acceptors (Lipinski definition) is 5. The SMILES string of the molecule is CCc1nnc(CNC(=O)C[C@]2(c3ccccc3C)CCOC(C)(C)C2)o1. The third kappa shape index (κ3) is 4.56. The molecule has 1 aromatic carbocycles. The quantitative estimate of drug-likeness (QED) is 0.841. The Morgan fingerprint density at radius 1 is 1.22 bits per heavy atom. The Kier molecular flexibility index (Phi) is 5.65. The van der Waals surface area contributed by atoms with Gasteiger partial charge in [-0.05, 0) is 44.7 Å². The molecule has 2 aromatic rings. The minimum absolute atomic E-state index is 0.00722. The zero-order chi connectivity index (χ0) is 19.5. The Bertz CT molecular complexity index is 799. The topological polar surface area (TPSA) is 77.2 Å². The third-order valence-electron chi connectivity index (χ3n) is 5.30. The molecule has 0 aliphatic carbocycles. The molecule has 0 bridgehead atoms. The van der Waals surface area contributed by atoms with E-state index in [1.54, 1.807) is 0 Å². The highest BCUT2D eigenvalue weighted by Crippen LogP contribution is 2.45. The van der Waals surface area contributed by atoms with E-state index in [1.165, 1.54) is 11.1 Å². The van der Waals surface area contributed by atoms with Gasteiger partial charge in [0.1, 0.15) is 0 Å². The molecular formula is C21H29N3O3. The van der Waals surface area contributed by atoms with Crippen LogP contribution in [0.3, 0.4) is 0 Å². The first-order chi connectivity index (χ1) is 12.8. The molecule has 1 aliphatic heterocycles. The van der Waals surface area contributed by atoms with Crippen molar-refractivity contribution in [2.24, 2.45) is 0 Å². The van der Waals surface area contributed by atoms with Crippen molar-refractivity contribution in [2.75, 3.05) is 6.61 Å². The van der Waals surface area contributed by atoms with Crippen LogP contribution in [-0.2, 0) is 27.9 Å². The predicted octanol–water partition coefficient (Wildman–Crippen LogP) is 3.47. The fourth-order valence-electron chi connectivity index (χ4n) is 4.17. The second-order valence-electron chi connectivity index (χ2n) is 8.03. The van der Waals surface area contributed by atoms with Gasteiger partial charge in [-0.25, -0.2) is 0 Å². The van der Waals surface area contributed by atoms with Crippen molar-refractivity contribution >= 4 is 5.91 Å².